The molecule has 3 aliphatic heterocycles. The van der Waals surface area contributed by atoms with Gasteiger partial charge in [0.2, 0.25) is 5.75 Å². The number of esters is 2. The van der Waals surface area contributed by atoms with Crippen molar-refractivity contribution in [3.05, 3.63) is 58.2 Å². The van der Waals surface area contributed by atoms with E-state index in [0.29, 0.717) is 17.1 Å². The van der Waals surface area contributed by atoms with Crippen molar-refractivity contribution < 1.29 is 38.5 Å². The molecule has 0 spiro atoms. The zero-order valence-electron chi connectivity index (χ0n) is 23.7. The van der Waals surface area contributed by atoms with Gasteiger partial charge in [-0.25, -0.2) is 9.59 Å². The van der Waals surface area contributed by atoms with E-state index in [1.54, 1.807) is 17.4 Å². The number of hydrogen-bond donors (Lipinski definition) is 1. The summed E-state index contributed by atoms with van der Waals surface area (Å²) in [5, 5.41) is 14.3. The van der Waals surface area contributed by atoms with Gasteiger partial charge in [0.1, 0.15) is 5.75 Å². The first-order valence-electron chi connectivity index (χ1n) is 14.4. The summed E-state index contributed by atoms with van der Waals surface area (Å²) < 4.78 is 18.4. The van der Waals surface area contributed by atoms with Crippen LogP contribution < -0.4 is 29.5 Å². The van der Waals surface area contributed by atoms with Crippen LogP contribution in [0.25, 0.3) is 21.0 Å². The molecular formula is C31H29N3O9S. The highest BCUT2D eigenvalue weighted by Crippen LogP contribution is 2.38. The van der Waals surface area contributed by atoms with Crippen LogP contribution in [0.3, 0.4) is 0 Å². The molecule has 7 rings (SSSR count). The lowest BCUT2D eigenvalue weighted by atomic mass is 9.95. The molecule has 13 heteroatoms. The quantitative estimate of drug-likeness (QED) is 0.241. The minimum atomic E-state index is -2.53. The first-order valence-corrected chi connectivity index (χ1v) is 15.3. The van der Waals surface area contributed by atoms with E-state index in [-0.39, 0.29) is 16.7 Å². The fourth-order valence-electron chi connectivity index (χ4n) is 5.91. The van der Waals surface area contributed by atoms with Crippen molar-refractivity contribution in [3.8, 4) is 17.2 Å². The number of aromatic nitrogens is 1. The van der Waals surface area contributed by atoms with Gasteiger partial charge in [-0.3, -0.25) is 14.5 Å². The van der Waals surface area contributed by atoms with Crippen LogP contribution in [0.5, 0.6) is 17.2 Å². The number of hydrogen-bond acceptors (Lipinski definition) is 12. The van der Waals surface area contributed by atoms with Gasteiger partial charge in [0.05, 0.1) is 25.0 Å². The van der Waals surface area contributed by atoms with Crippen molar-refractivity contribution in [2.45, 2.75) is 31.3 Å². The molecule has 228 valence electrons. The number of carbonyl (C=O) groups excluding carboxylic acids is 3. The molecule has 3 bridgehead atoms. The number of aliphatic hydroxyl groups is 1. The lowest BCUT2D eigenvalue weighted by molar-refractivity contribution is -0.169. The monoisotopic (exact) mass is 619 g/mol. The van der Waals surface area contributed by atoms with Crippen LogP contribution in [-0.4, -0.2) is 77.6 Å². The number of ether oxygens (including phenoxy) is 3. The standard InChI is InChI=1S/C31H29N3O9S/c35-25-17-31(39)18-26(36)43-34-23-16-19(6-7-21(23)27(41-25)28(29(34)37)42-30(31)38)40-14-2-1-9-32-10-12-33(13-11-32)22-4-3-5-24-20(22)8-15-44-24/h3-8,15-16,39H,1-2,9-14,17-18H2. The van der Waals surface area contributed by atoms with E-state index < -0.39 is 47.7 Å². The Kier molecular flexibility index (Phi) is 7.23. The van der Waals surface area contributed by atoms with Crippen molar-refractivity contribution in [1.29, 1.82) is 0 Å². The molecular weight excluding hydrogens is 590 g/mol. The van der Waals surface area contributed by atoms with Crippen molar-refractivity contribution in [2.75, 3.05) is 44.2 Å². The Morgan fingerprint density at radius 3 is 2.55 bits per heavy atom. The number of fused-ring (bicyclic) bond motifs is 7. The van der Waals surface area contributed by atoms with Crippen molar-refractivity contribution >= 4 is 55.9 Å². The summed E-state index contributed by atoms with van der Waals surface area (Å²) in [6, 6.07) is 13.3. The zero-order chi connectivity index (χ0) is 30.4. The number of nitrogens with zero attached hydrogens (tertiary/aromatic N) is 3. The fraction of sp³-hybridized carbons (Fsp3) is 0.355. The topological polar surface area (TPSA) is 137 Å². The number of rotatable bonds is 7. The second-order valence-corrected chi connectivity index (χ2v) is 12.1. The number of anilines is 1. The summed E-state index contributed by atoms with van der Waals surface area (Å²) in [5.74, 6) is -3.95. The van der Waals surface area contributed by atoms with Crippen LogP contribution in [-0.2, 0) is 14.4 Å². The smallest absolute Gasteiger partial charge is 0.345 e. The molecule has 0 saturated carbocycles. The minimum Gasteiger partial charge on any atom is -0.494 e. The Hall–Kier alpha value is -4.46. The molecule has 44 heavy (non-hydrogen) atoms. The van der Waals surface area contributed by atoms with E-state index in [2.05, 4.69) is 39.4 Å². The van der Waals surface area contributed by atoms with Crippen molar-refractivity contribution in [1.82, 2.24) is 9.63 Å². The third kappa shape index (κ3) is 5.16. The number of thiophene rings is 1. The van der Waals surface area contributed by atoms with E-state index in [0.717, 1.165) is 45.6 Å². The van der Waals surface area contributed by atoms with E-state index >= 15 is 0 Å². The van der Waals surface area contributed by atoms with Gasteiger partial charge < -0.3 is 29.1 Å². The van der Waals surface area contributed by atoms with E-state index in [1.807, 2.05) is 0 Å². The minimum absolute atomic E-state index is 0.0757. The molecule has 1 unspecified atom stereocenters. The fourth-order valence-corrected chi connectivity index (χ4v) is 6.72. The van der Waals surface area contributed by atoms with Crippen LogP contribution in [0.1, 0.15) is 25.7 Å². The number of carbonyl (C=O) groups is 3. The largest absolute Gasteiger partial charge is 0.494 e. The second-order valence-electron chi connectivity index (χ2n) is 11.1. The van der Waals surface area contributed by atoms with Gasteiger partial charge in [0.25, 0.3) is 0 Å². The SMILES string of the molecule is O=C1CC2(O)CC(=O)On3c(=O)c(c(c4ccc(OCCCCN5CCN(c6cccc7sccc67)CC5)cc43)O1)OC2=O. The van der Waals surface area contributed by atoms with Crippen LogP contribution in [0.2, 0.25) is 0 Å². The van der Waals surface area contributed by atoms with Crippen LogP contribution >= 0.6 is 11.3 Å². The Bertz CT molecular complexity index is 1860. The highest BCUT2D eigenvalue weighted by molar-refractivity contribution is 7.17. The molecule has 4 aromatic rings. The lowest BCUT2D eigenvalue weighted by Gasteiger charge is -2.36. The van der Waals surface area contributed by atoms with Crippen LogP contribution in [0.4, 0.5) is 5.69 Å². The second kappa shape index (κ2) is 11.2. The average molecular weight is 620 g/mol. The summed E-state index contributed by atoms with van der Waals surface area (Å²) in [6.07, 6.45) is -0.0132. The molecule has 3 aliphatic rings. The Labute approximate surface area is 254 Å². The third-order valence-corrected chi connectivity index (χ3v) is 9.08. The molecule has 2 aromatic heterocycles. The molecule has 0 amide bonds. The van der Waals surface area contributed by atoms with E-state index in [9.17, 15) is 24.3 Å². The summed E-state index contributed by atoms with van der Waals surface area (Å²) in [6.45, 7) is 5.31. The third-order valence-electron chi connectivity index (χ3n) is 8.20. The van der Waals surface area contributed by atoms with Crippen molar-refractivity contribution in [3.63, 3.8) is 0 Å². The van der Waals surface area contributed by atoms with Crippen LogP contribution in [0.15, 0.2) is 52.6 Å². The summed E-state index contributed by atoms with van der Waals surface area (Å²) in [7, 11) is 0. The number of pyridine rings is 1. The molecule has 1 atom stereocenters. The summed E-state index contributed by atoms with van der Waals surface area (Å²) in [5.41, 5.74) is -2.18. The van der Waals surface area contributed by atoms with Gasteiger partial charge in [-0.2, -0.15) is 0 Å². The summed E-state index contributed by atoms with van der Waals surface area (Å²) >= 11 is 1.77. The average Bonchev–Trinajstić information content (AvgIpc) is 3.49. The number of unbranched alkanes of at least 4 members (excludes halogenated alkanes) is 1. The highest BCUT2D eigenvalue weighted by atomic mass is 32.1. The first kappa shape index (κ1) is 28.3. The van der Waals surface area contributed by atoms with Gasteiger partial charge in [-0.05, 0) is 55.1 Å². The van der Waals surface area contributed by atoms with E-state index in [1.165, 1.54) is 27.9 Å². The summed E-state index contributed by atoms with van der Waals surface area (Å²) in [4.78, 5) is 61.1. The zero-order valence-corrected chi connectivity index (χ0v) is 24.5. The molecule has 2 aromatic carbocycles. The van der Waals surface area contributed by atoms with Gasteiger partial charge in [0, 0.05) is 53.4 Å². The molecule has 0 aliphatic carbocycles. The molecule has 0 radical (unpaired) electrons. The molecule has 1 N–H and O–H groups in total. The predicted octanol–water partition coefficient (Wildman–Crippen LogP) is 2.50. The molecule has 1 fully saturated rings. The van der Waals surface area contributed by atoms with E-state index in [4.69, 9.17) is 19.0 Å². The Morgan fingerprint density at radius 2 is 1.70 bits per heavy atom. The number of benzene rings is 2. The van der Waals surface area contributed by atoms with Crippen LogP contribution in [0, 0.1) is 0 Å². The Morgan fingerprint density at radius 1 is 0.886 bits per heavy atom. The highest BCUT2D eigenvalue weighted by Gasteiger charge is 2.48. The Balaban J connectivity index is 0.996. The lowest BCUT2D eigenvalue weighted by Crippen LogP contribution is -2.47. The van der Waals surface area contributed by atoms with Crippen molar-refractivity contribution in [2.24, 2.45) is 0 Å². The maximum atomic E-state index is 13.2. The molecule has 1 saturated heterocycles. The number of piperazine rings is 1. The molecule has 12 nitrogen and oxygen atoms in total. The predicted molar refractivity (Wildman–Crippen MR) is 160 cm³/mol. The van der Waals surface area contributed by atoms with Gasteiger partial charge >= 0.3 is 23.5 Å². The first-order chi connectivity index (χ1) is 21.3. The normalized spacial score (nSPS) is 20.5. The van der Waals surface area contributed by atoms with Gasteiger partial charge in [-0.1, -0.05) is 6.07 Å². The van der Waals surface area contributed by atoms with Gasteiger partial charge in [-0.15, -0.1) is 16.1 Å². The maximum absolute atomic E-state index is 13.2. The molecule has 5 heterocycles. The maximum Gasteiger partial charge on any atom is 0.345 e. The van der Waals surface area contributed by atoms with Gasteiger partial charge in [0.15, 0.2) is 11.4 Å².